The molecule has 28 heavy (non-hydrogen) atoms. The first kappa shape index (κ1) is 21.7. The zero-order chi connectivity index (χ0) is 21.1. The topological polar surface area (TPSA) is 172 Å². The molecule has 0 aliphatic carbocycles. The van der Waals surface area contributed by atoms with Crippen LogP contribution in [-0.4, -0.2) is 50.6 Å². The summed E-state index contributed by atoms with van der Waals surface area (Å²) in [5.74, 6) is -2.54. The third kappa shape index (κ3) is 4.46. The second-order valence-corrected chi connectivity index (χ2v) is 6.90. The van der Waals surface area contributed by atoms with Crippen molar-refractivity contribution in [3.05, 3.63) is 53.9 Å². The molecule has 0 spiro atoms. The molecule has 1 saturated heterocycles. The largest absolute Gasteiger partial charge is 0.586 e. The predicted molar refractivity (Wildman–Crippen MR) is 89.0 cm³/mol. The normalized spacial score (nSPS) is 24.5. The maximum atomic E-state index is 13.6. The van der Waals surface area contributed by atoms with Crippen molar-refractivity contribution >= 4 is 13.7 Å². The number of carbonyl (C=O) groups excluding carboxylic acids is 1. The van der Waals surface area contributed by atoms with E-state index in [4.69, 9.17) is 15.0 Å². The van der Waals surface area contributed by atoms with Gasteiger partial charge in [0.15, 0.2) is 11.9 Å². The summed E-state index contributed by atoms with van der Waals surface area (Å²) in [5.41, 5.74) is 2.89. The van der Waals surface area contributed by atoms with Gasteiger partial charge in [0, 0.05) is 0 Å². The van der Waals surface area contributed by atoms with E-state index in [0.29, 0.717) is 10.8 Å². The molecule has 1 amide bonds. The van der Waals surface area contributed by atoms with Gasteiger partial charge >= 0.3 is 7.82 Å². The Morgan fingerprint density at radius 2 is 2.00 bits per heavy atom. The number of nitrogens with zero attached hydrogens (tertiary/aromatic N) is 2. The Morgan fingerprint density at radius 3 is 2.54 bits per heavy atom. The van der Waals surface area contributed by atoms with Crippen molar-refractivity contribution in [2.45, 2.75) is 24.5 Å². The van der Waals surface area contributed by atoms with Gasteiger partial charge in [-0.1, -0.05) is 13.2 Å². The molecule has 2 heterocycles. The van der Waals surface area contributed by atoms with Crippen LogP contribution in [0.2, 0.25) is 0 Å². The second kappa shape index (κ2) is 8.63. The molecule has 1 aromatic heterocycles. The van der Waals surface area contributed by atoms with Gasteiger partial charge in [-0.15, -0.1) is 0 Å². The van der Waals surface area contributed by atoms with Crippen LogP contribution in [0.1, 0.15) is 16.7 Å². The van der Waals surface area contributed by atoms with Crippen LogP contribution in [-0.2, 0) is 22.9 Å². The van der Waals surface area contributed by atoms with E-state index in [2.05, 4.69) is 27.2 Å². The lowest BCUT2D eigenvalue weighted by Crippen LogP contribution is -2.38. The molecule has 1 aliphatic heterocycles. The number of ether oxygens (including phenoxy) is 1. The molecule has 14 heteroatoms. The first-order valence-electron chi connectivity index (χ1n) is 7.56. The molecule has 1 fully saturated rings. The number of aliphatic hydroxyl groups excluding tert-OH is 2. The molecule has 0 aromatic carbocycles. The summed E-state index contributed by atoms with van der Waals surface area (Å²) >= 11 is 0. The Balaban J connectivity index is 2.24. The van der Waals surface area contributed by atoms with Crippen molar-refractivity contribution < 1.29 is 42.3 Å². The van der Waals surface area contributed by atoms with Gasteiger partial charge < -0.3 is 29.7 Å². The smallest absolute Gasteiger partial charge is 0.404 e. The molecule has 0 saturated carbocycles. The van der Waals surface area contributed by atoms with Gasteiger partial charge in [-0.3, -0.25) is 18.7 Å². The zero-order valence-corrected chi connectivity index (χ0v) is 15.1. The number of primary amides is 1. The minimum absolute atomic E-state index is 0.510. The van der Waals surface area contributed by atoms with Crippen LogP contribution in [0.3, 0.4) is 0 Å². The fraction of sp³-hybridized carbons (Fsp3) is 0.357. The highest BCUT2D eigenvalue weighted by Crippen LogP contribution is 2.50. The Hall–Kier alpha value is -2.57. The van der Waals surface area contributed by atoms with Gasteiger partial charge in [-0.2, -0.15) is 4.39 Å². The molecule has 4 atom stereocenters. The number of hydrogen-bond acceptors (Lipinski definition) is 10. The van der Waals surface area contributed by atoms with E-state index in [1.54, 1.807) is 0 Å². The lowest BCUT2D eigenvalue weighted by atomic mass is 10.1. The fourth-order valence-electron chi connectivity index (χ4n) is 2.36. The standard InChI is InChI=1S/C14H17FN3O9P/c1-3-24-28(23,25-4-2)26-6-7-10(19)11(20)14(27-7)18-5-8(15)17-9(12(16)21)13(18)22/h3-5,7,10-11,14,19-20H,1-2,6H2,(H2,16,21)/t7-,10+,11-,14-/m1/s1. The minimum Gasteiger partial charge on any atom is -0.404 e. The summed E-state index contributed by atoms with van der Waals surface area (Å²) < 4.78 is 45.8. The number of carbonyl (C=O) groups is 1. The molecule has 154 valence electrons. The maximum absolute atomic E-state index is 13.6. The maximum Gasteiger partial charge on any atom is 0.586 e. The number of halogens is 1. The van der Waals surface area contributed by atoms with Crippen LogP contribution in [0, 0.1) is 5.95 Å². The summed E-state index contributed by atoms with van der Waals surface area (Å²) in [6, 6.07) is 0. The van der Waals surface area contributed by atoms with E-state index >= 15 is 0 Å². The van der Waals surface area contributed by atoms with Crippen molar-refractivity contribution in [1.82, 2.24) is 9.55 Å². The van der Waals surface area contributed by atoms with Crippen molar-refractivity contribution in [2.75, 3.05) is 6.61 Å². The Morgan fingerprint density at radius 1 is 1.39 bits per heavy atom. The minimum atomic E-state index is -4.16. The number of aromatic nitrogens is 2. The predicted octanol–water partition coefficient (Wildman–Crippen LogP) is -0.455. The number of amides is 1. The molecule has 0 radical (unpaired) electrons. The quantitative estimate of drug-likeness (QED) is 0.350. The van der Waals surface area contributed by atoms with E-state index in [1.807, 2.05) is 0 Å². The third-order valence-electron chi connectivity index (χ3n) is 3.55. The van der Waals surface area contributed by atoms with Gasteiger partial charge in [0.25, 0.3) is 11.5 Å². The van der Waals surface area contributed by atoms with Gasteiger partial charge in [0.05, 0.1) is 25.3 Å². The highest BCUT2D eigenvalue weighted by Gasteiger charge is 2.46. The molecule has 12 nitrogen and oxygen atoms in total. The van der Waals surface area contributed by atoms with E-state index in [9.17, 15) is 28.8 Å². The monoisotopic (exact) mass is 421 g/mol. The number of phosphoric ester groups is 1. The lowest BCUT2D eigenvalue weighted by Gasteiger charge is -2.19. The van der Waals surface area contributed by atoms with Crippen LogP contribution in [0.25, 0.3) is 0 Å². The fourth-order valence-corrected chi connectivity index (χ4v) is 3.22. The number of rotatable bonds is 9. The summed E-state index contributed by atoms with van der Waals surface area (Å²) in [4.78, 5) is 26.5. The molecule has 4 N–H and O–H groups in total. The van der Waals surface area contributed by atoms with Crippen LogP contribution >= 0.6 is 7.82 Å². The Bertz CT molecular complexity index is 862. The highest BCUT2D eigenvalue weighted by atomic mass is 31.2. The molecule has 2 rings (SSSR count). The van der Waals surface area contributed by atoms with Crippen LogP contribution in [0.5, 0.6) is 0 Å². The highest BCUT2D eigenvalue weighted by molar-refractivity contribution is 7.48. The third-order valence-corrected chi connectivity index (χ3v) is 4.83. The van der Waals surface area contributed by atoms with Crippen molar-refractivity contribution in [3.8, 4) is 0 Å². The van der Waals surface area contributed by atoms with Gasteiger partial charge in [0.1, 0.15) is 18.3 Å². The summed E-state index contributed by atoms with van der Waals surface area (Å²) in [5, 5.41) is 20.3. The van der Waals surface area contributed by atoms with Crippen LogP contribution in [0.4, 0.5) is 4.39 Å². The number of aliphatic hydroxyl groups is 2. The zero-order valence-electron chi connectivity index (χ0n) is 14.2. The average Bonchev–Trinajstić information content (AvgIpc) is 2.90. The van der Waals surface area contributed by atoms with Gasteiger partial charge in [-0.25, -0.2) is 9.55 Å². The SMILES string of the molecule is C=COP(=O)(OC=C)OC[C@H]1O[C@@H](n2cc(F)nc(C(N)=O)c2=O)[C@H](O)[C@H]1O. The molecule has 0 unspecified atom stereocenters. The van der Waals surface area contributed by atoms with Crippen LogP contribution < -0.4 is 11.3 Å². The van der Waals surface area contributed by atoms with Gasteiger partial charge in [0.2, 0.25) is 5.95 Å². The van der Waals surface area contributed by atoms with Crippen molar-refractivity contribution in [3.63, 3.8) is 0 Å². The Kier molecular flexibility index (Phi) is 6.69. The van der Waals surface area contributed by atoms with E-state index < -0.39 is 62.1 Å². The number of hydrogen-bond donors (Lipinski definition) is 3. The van der Waals surface area contributed by atoms with Gasteiger partial charge in [-0.05, 0) is 0 Å². The lowest BCUT2D eigenvalue weighted by molar-refractivity contribution is -0.0545. The molecular weight excluding hydrogens is 404 g/mol. The van der Waals surface area contributed by atoms with E-state index in [-0.39, 0.29) is 0 Å². The number of nitrogens with two attached hydrogens (primary N) is 1. The van der Waals surface area contributed by atoms with Crippen molar-refractivity contribution in [1.29, 1.82) is 0 Å². The molecule has 1 aromatic rings. The van der Waals surface area contributed by atoms with Crippen LogP contribution in [0.15, 0.2) is 36.7 Å². The second-order valence-electron chi connectivity index (χ2n) is 5.32. The van der Waals surface area contributed by atoms with E-state index in [1.165, 1.54) is 0 Å². The molecule has 1 aliphatic rings. The summed E-state index contributed by atoms with van der Waals surface area (Å²) in [6.45, 7) is 5.77. The molecule has 0 bridgehead atoms. The number of phosphoric acid groups is 1. The molecular formula is C14H17FN3O9P. The average molecular weight is 421 g/mol. The Labute approximate surface area is 157 Å². The van der Waals surface area contributed by atoms with Crippen molar-refractivity contribution in [2.24, 2.45) is 5.73 Å². The first-order valence-corrected chi connectivity index (χ1v) is 9.03. The van der Waals surface area contributed by atoms with E-state index in [0.717, 1.165) is 12.5 Å². The summed E-state index contributed by atoms with van der Waals surface area (Å²) in [6.07, 6.45) is -4.20. The summed E-state index contributed by atoms with van der Waals surface area (Å²) in [7, 11) is -4.16. The first-order chi connectivity index (χ1) is 13.1.